The van der Waals surface area contributed by atoms with Crippen LogP contribution in [-0.4, -0.2) is 15.3 Å². The first-order chi connectivity index (χ1) is 9.13. The minimum absolute atomic E-state index is 0.213. The highest BCUT2D eigenvalue weighted by Gasteiger charge is 2.16. The maximum Gasteiger partial charge on any atom is 0.354 e. The van der Waals surface area contributed by atoms with Crippen molar-refractivity contribution in [3.05, 3.63) is 52.1 Å². The van der Waals surface area contributed by atoms with Crippen molar-refractivity contribution in [1.29, 1.82) is 0 Å². The molecule has 0 unspecified atom stereocenters. The van der Waals surface area contributed by atoms with Gasteiger partial charge in [-0.2, -0.15) is 4.98 Å². The molecule has 1 aliphatic rings. The highest BCUT2D eigenvalue weighted by molar-refractivity contribution is 5.83. The maximum atomic E-state index is 11.8. The van der Waals surface area contributed by atoms with Gasteiger partial charge in [0.25, 0.3) is 0 Å². The third-order valence-corrected chi connectivity index (χ3v) is 3.35. The number of anilines is 1. The van der Waals surface area contributed by atoms with Gasteiger partial charge in [-0.05, 0) is 35.7 Å². The van der Waals surface area contributed by atoms with Crippen LogP contribution < -0.4 is 11.4 Å². The summed E-state index contributed by atoms with van der Waals surface area (Å²) < 4.78 is 1.45. The molecule has 0 fully saturated rings. The number of ketones is 1. The molecule has 0 radical (unpaired) electrons. The number of carbonyl (C=O) groups excluding carboxylic acids is 1. The zero-order chi connectivity index (χ0) is 13.4. The summed E-state index contributed by atoms with van der Waals surface area (Å²) in [5.41, 5.74) is 8.01. The Morgan fingerprint density at radius 3 is 2.74 bits per heavy atom. The first kappa shape index (κ1) is 11.6. The summed E-state index contributed by atoms with van der Waals surface area (Å²) in [5.74, 6) is 0.483. The molecule has 0 saturated carbocycles. The number of nitrogen functional groups attached to an aromatic ring is 1. The van der Waals surface area contributed by atoms with Crippen molar-refractivity contribution in [2.45, 2.75) is 19.3 Å². The number of benzene rings is 1. The lowest BCUT2D eigenvalue weighted by atomic mass is 9.90. The van der Waals surface area contributed by atoms with Gasteiger partial charge >= 0.3 is 5.69 Å². The summed E-state index contributed by atoms with van der Waals surface area (Å²) in [5, 5.41) is 0. The van der Waals surface area contributed by atoms with Crippen LogP contribution in [0, 0.1) is 0 Å². The number of fused-ring (bicyclic) bond motifs is 1. The number of aryl methyl sites for hydroxylation is 1. The van der Waals surface area contributed by atoms with Crippen molar-refractivity contribution in [2.75, 3.05) is 5.73 Å². The second-order valence-electron chi connectivity index (χ2n) is 4.67. The third-order valence-electron chi connectivity index (χ3n) is 3.35. The van der Waals surface area contributed by atoms with Gasteiger partial charge in [0.05, 0.1) is 5.69 Å². The molecule has 96 valence electrons. The molecule has 0 atom stereocenters. The van der Waals surface area contributed by atoms with Gasteiger partial charge in [-0.1, -0.05) is 6.07 Å². The van der Waals surface area contributed by atoms with Gasteiger partial charge in [-0.25, -0.2) is 4.79 Å². The minimum atomic E-state index is -0.396. The van der Waals surface area contributed by atoms with Crippen LogP contribution in [0.5, 0.6) is 0 Å². The molecular weight excluding hydrogens is 242 g/mol. The van der Waals surface area contributed by atoms with Gasteiger partial charge in [0, 0.05) is 19.0 Å². The van der Waals surface area contributed by atoms with Gasteiger partial charge in [0.15, 0.2) is 0 Å². The van der Waals surface area contributed by atoms with Gasteiger partial charge in [0.2, 0.25) is 0 Å². The fourth-order valence-corrected chi connectivity index (χ4v) is 2.35. The van der Waals surface area contributed by atoms with E-state index in [-0.39, 0.29) is 11.6 Å². The molecule has 0 spiro atoms. The molecular formula is C14H13N3O2. The molecule has 1 heterocycles. The van der Waals surface area contributed by atoms with E-state index in [4.69, 9.17) is 5.73 Å². The predicted octanol–water partition coefficient (Wildman–Crippen LogP) is 0.872. The molecule has 0 saturated heterocycles. The van der Waals surface area contributed by atoms with E-state index in [1.807, 2.05) is 18.2 Å². The van der Waals surface area contributed by atoms with E-state index in [0.717, 1.165) is 23.2 Å². The summed E-state index contributed by atoms with van der Waals surface area (Å²) in [4.78, 5) is 26.9. The predicted molar refractivity (Wildman–Crippen MR) is 71.3 cm³/mol. The second-order valence-corrected chi connectivity index (χ2v) is 4.67. The maximum absolute atomic E-state index is 11.8. The van der Waals surface area contributed by atoms with Gasteiger partial charge < -0.3 is 5.73 Å². The molecule has 3 rings (SSSR count). The molecule has 5 heteroatoms. The van der Waals surface area contributed by atoms with Crippen molar-refractivity contribution in [2.24, 2.45) is 0 Å². The van der Waals surface area contributed by atoms with Crippen LogP contribution in [0.2, 0.25) is 0 Å². The third kappa shape index (κ3) is 2.14. The van der Waals surface area contributed by atoms with Crippen molar-refractivity contribution >= 4 is 11.6 Å². The molecule has 1 aliphatic carbocycles. The Balaban J connectivity index is 2.07. The number of hydrogen-bond donors (Lipinski definition) is 1. The smallest absolute Gasteiger partial charge is 0.354 e. The molecule has 19 heavy (non-hydrogen) atoms. The lowest BCUT2D eigenvalue weighted by molar-refractivity contribution is -0.118. The molecule has 5 nitrogen and oxygen atoms in total. The SMILES string of the molecule is Nc1ccn(-c2ccc3c(c2)CCC(=O)C3)c(=O)n1. The standard InChI is InChI=1S/C14H13N3O2/c15-13-5-6-17(14(19)16-13)11-3-1-10-8-12(18)4-2-9(10)7-11/h1,3,5-7H,2,4,8H2,(H2,15,16,19). The van der Waals surface area contributed by atoms with Crippen LogP contribution in [0.1, 0.15) is 17.5 Å². The highest BCUT2D eigenvalue weighted by atomic mass is 16.1. The lowest BCUT2D eigenvalue weighted by Gasteiger charge is -2.16. The highest BCUT2D eigenvalue weighted by Crippen LogP contribution is 2.21. The normalized spacial score (nSPS) is 14.2. The van der Waals surface area contributed by atoms with E-state index in [1.165, 1.54) is 4.57 Å². The van der Waals surface area contributed by atoms with Crippen LogP contribution in [0.4, 0.5) is 5.82 Å². The number of hydrogen-bond acceptors (Lipinski definition) is 4. The number of nitrogens with two attached hydrogens (primary N) is 1. The molecule has 0 aliphatic heterocycles. The zero-order valence-electron chi connectivity index (χ0n) is 10.3. The van der Waals surface area contributed by atoms with Crippen LogP contribution in [0.15, 0.2) is 35.3 Å². The Morgan fingerprint density at radius 1 is 1.11 bits per heavy atom. The van der Waals surface area contributed by atoms with Gasteiger partial charge in [-0.3, -0.25) is 9.36 Å². The van der Waals surface area contributed by atoms with Crippen molar-refractivity contribution in [1.82, 2.24) is 9.55 Å². The zero-order valence-corrected chi connectivity index (χ0v) is 10.3. The van der Waals surface area contributed by atoms with Crippen molar-refractivity contribution < 1.29 is 4.79 Å². The summed E-state index contributed by atoms with van der Waals surface area (Å²) in [6, 6.07) is 7.27. The monoisotopic (exact) mass is 255 g/mol. The van der Waals surface area contributed by atoms with E-state index in [0.29, 0.717) is 12.8 Å². The molecule has 2 N–H and O–H groups in total. The first-order valence-electron chi connectivity index (χ1n) is 6.12. The van der Waals surface area contributed by atoms with Crippen molar-refractivity contribution in [3.8, 4) is 5.69 Å². The molecule has 1 aromatic carbocycles. The molecule has 2 aromatic rings. The van der Waals surface area contributed by atoms with E-state index >= 15 is 0 Å². The fourth-order valence-electron chi connectivity index (χ4n) is 2.35. The van der Waals surface area contributed by atoms with Crippen molar-refractivity contribution in [3.63, 3.8) is 0 Å². The quantitative estimate of drug-likeness (QED) is 0.820. The van der Waals surface area contributed by atoms with E-state index < -0.39 is 5.69 Å². The number of nitrogens with zero attached hydrogens (tertiary/aromatic N) is 2. The Morgan fingerprint density at radius 2 is 1.95 bits per heavy atom. The number of Topliss-reactive ketones (excluding diaryl/α,β-unsaturated/α-hetero) is 1. The van der Waals surface area contributed by atoms with E-state index in [1.54, 1.807) is 12.3 Å². The largest absolute Gasteiger partial charge is 0.383 e. The average molecular weight is 255 g/mol. The summed E-state index contributed by atoms with van der Waals surface area (Å²) >= 11 is 0. The van der Waals surface area contributed by atoms with Crippen LogP contribution in [-0.2, 0) is 17.6 Å². The summed E-state index contributed by atoms with van der Waals surface area (Å²) in [6.07, 6.45) is 3.41. The van der Waals surface area contributed by atoms with E-state index in [2.05, 4.69) is 4.98 Å². The average Bonchev–Trinajstić information content (AvgIpc) is 2.38. The molecule has 0 amide bonds. The molecule has 1 aromatic heterocycles. The summed E-state index contributed by atoms with van der Waals surface area (Å²) in [6.45, 7) is 0. The lowest BCUT2D eigenvalue weighted by Crippen LogP contribution is -2.22. The van der Waals surface area contributed by atoms with Crippen LogP contribution in [0.3, 0.4) is 0 Å². The number of aromatic nitrogens is 2. The van der Waals surface area contributed by atoms with Crippen LogP contribution in [0.25, 0.3) is 5.69 Å². The Labute approximate surface area is 109 Å². The number of rotatable bonds is 1. The minimum Gasteiger partial charge on any atom is -0.383 e. The van der Waals surface area contributed by atoms with Gasteiger partial charge in [-0.15, -0.1) is 0 Å². The number of carbonyl (C=O) groups is 1. The Hall–Kier alpha value is -2.43. The topological polar surface area (TPSA) is 78.0 Å². The van der Waals surface area contributed by atoms with E-state index in [9.17, 15) is 9.59 Å². The molecule has 0 bridgehead atoms. The van der Waals surface area contributed by atoms with Gasteiger partial charge in [0.1, 0.15) is 11.6 Å². The fraction of sp³-hybridized carbons (Fsp3) is 0.214. The first-order valence-corrected chi connectivity index (χ1v) is 6.12. The van der Waals surface area contributed by atoms with Crippen LogP contribution >= 0.6 is 0 Å². The summed E-state index contributed by atoms with van der Waals surface area (Å²) in [7, 11) is 0. The Kier molecular flexibility index (Phi) is 2.67. The Bertz CT molecular complexity index is 719. The second kappa shape index (κ2) is 4.35.